The number of likely N-dealkylation sites (tertiary alicyclic amines) is 1. The first kappa shape index (κ1) is 45.9. The van der Waals surface area contributed by atoms with E-state index in [2.05, 4.69) is 15.6 Å². The van der Waals surface area contributed by atoms with Crippen molar-refractivity contribution in [1.82, 2.24) is 25.4 Å². The molecule has 0 radical (unpaired) electrons. The lowest BCUT2D eigenvalue weighted by Gasteiger charge is -2.36. The molecule has 0 saturated carbocycles. The zero-order valence-electron chi connectivity index (χ0n) is 33.1. The van der Waals surface area contributed by atoms with Crippen LogP contribution >= 0.6 is 11.3 Å². The largest absolute Gasteiger partial charge is 0.481 e. The van der Waals surface area contributed by atoms with Crippen molar-refractivity contribution in [1.29, 1.82) is 0 Å². The topological polar surface area (TPSA) is 210 Å². The van der Waals surface area contributed by atoms with Crippen molar-refractivity contribution in [2.75, 3.05) is 32.9 Å². The van der Waals surface area contributed by atoms with E-state index in [9.17, 15) is 29.1 Å². The van der Waals surface area contributed by atoms with E-state index >= 15 is 0 Å². The first-order valence-corrected chi connectivity index (χ1v) is 20.0. The Balaban J connectivity index is 0.000000867. The summed E-state index contributed by atoms with van der Waals surface area (Å²) in [5.74, 6) is -2.10. The summed E-state index contributed by atoms with van der Waals surface area (Å²) in [6, 6.07) is 6.53. The van der Waals surface area contributed by atoms with Gasteiger partial charge in [-0.05, 0) is 75.7 Å². The smallest absolute Gasteiger partial charge is 0.407 e. The number of likely N-dealkylation sites (N-methyl/N-ethyl adjacent to an activating group) is 1. The summed E-state index contributed by atoms with van der Waals surface area (Å²) in [6.07, 6.45) is 5.78. The van der Waals surface area contributed by atoms with Crippen LogP contribution in [0.1, 0.15) is 120 Å². The lowest BCUT2D eigenvalue weighted by Crippen LogP contribution is -2.45. The zero-order chi connectivity index (χ0) is 40.4. The molecule has 1 aromatic carbocycles. The highest BCUT2D eigenvalue weighted by Crippen LogP contribution is 2.31. The molecule has 1 aliphatic rings. The highest BCUT2D eigenvalue weighted by atomic mass is 32.1. The molecular weight excluding hydrogens is 711 g/mol. The average Bonchev–Trinajstić information content (AvgIpc) is 3.63. The quantitative estimate of drug-likeness (QED) is 0.115. The van der Waals surface area contributed by atoms with Gasteiger partial charge in [0.05, 0.1) is 12.0 Å². The predicted octanol–water partition coefficient (Wildman–Crippen LogP) is 5.37. The van der Waals surface area contributed by atoms with Crippen LogP contribution in [-0.2, 0) is 25.5 Å². The van der Waals surface area contributed by atoms with E-state index < -0.39 is 36.0 Å². The second-order valence-corrected chi connectivity index (χ2v) is 15.3. The van der Waals surface area contributed by atoms with Gasteiger partial charge in [0.15, 0.2) is 6.10 Å². The molecule has 2 aromatic rings. The van der Waals surface area contributed by atoms with Crippen molar-refractivity contribution in [3.63, 3.8) is 0 Å². The van der Waals surface area contributed by atoms with E-state index in [1.54, 1.807) is 24.4 Å². The van der Waals surface area contributed by atoms with Crippen LogP contribution in [0.25, 0.3) is 0 Å². The van der Waals surface area contributed by atoms with Gasteiger partial charge in [0, 0.05) is 49.6 Å². The summed E-state index contributed by atoms with van der Waals surface area (Å²) in [5.41, 5.74) is 12.6. The molecule has 1 saturated heterocycles. The van der Waals surface area contributed by atoms with Crippen LogP contribution < -0.4 is 22.1 Å². The summed E-state index contributed by atoms with van der Waals surface area (Å²) >= 11 is 1.20. The van der Waals surface area contributed by atoms with Crippen LogP contribution in [0.4, 0.5) is 10.5 Å². The number of aromatic nitrogens is 1. The van der Waals surface area contributed by atoms with Gasteiger partial charge < -0.3 is 36.8 Å². The molecule has 1 aromatic heterocycles. The number of nitrogens with one attached hydrogen (secondary N) is 2. The van der Waals surface area contributed by atoms with Crippen LogP contribution in [0.3, 0.4) is 0 Å². The van der Waals surface area contributed by atoms with Gasteiger partial charge in [-0.1, -0.05) is 59.6 Å². The number of nitrogens with two attached hydrogens (primary N) is 2. The molecule has 15 heteroatoms. The number of nitrogen functional groups attached to an aromatic ring is 1. The minimum absolute atomic E-state index is 0.00579. The number of rotatable bonds is 19. The number of carboxylic acid groups (broad SMARTS) is 1. The third kappa shape index (κ3) is 15.2. The molecule has 3 rings (SSSR count). The Morgan fingerprint density at radius 1 is 1.07 bits per heavy atom. The summed E-state index contributed by atoms with van der Waals surface area (Å²) < 4.78 is 5.75. The van der Waals surface area contributed by atoms with Gasteiger partial charge in [0.2, 0.25) is 11.8 Å². The number of piperidine rings is 1. The van der Waals surface area contributed by atoms with Gasteiger partial charge in [0.1, 0.15) is 10.7 Å². The lowest BCUT2D eigenvalue weighted by atomic mass is 9.95. The van der Waals surface area contributed by atoms with E-state index in [4.69, 9.17) is 16.2 Å². The zero-order valence-corrected chi connectivity index (χ0v) is 34.0. The molecule has 2 heterocycles. The first-order chi connectivity index (χ1) is 25.6. The number of carbonyl (C=O) groups excluding carboxylic acids is 4. The second-order valence-electron chi connectivity index (χ2n) is 14.4. The number of hydrogen-bond acceptors (Lipinski definition) is 10. The molecule has 14 nitrogen and oxygen atoms in total. The maximum atomic E-state index is 13.4. The molecule has 5 atom stereocenters. The lowest BCUT2D eigenvalue weighted by molar-refractivity contribution is -0.141. The number of alkyl carbamates (subject to hydrolysis) is 1. The van der Waals surface area contributed by atoms with Crippen LogP contribution in [0, 0.1) is 11.8 Å². The minimum atomic E-state index is -0.948. The molecule has 0 bridgehead atoms. The van der Waals surface area contributed by atoms with Gasteiger partial charge in [0.25, 0.3) is 5.91 Å². The molecule has 0 aliphatic carbocycles. The second kappa shape index (κ2) is 23.5. The fourth-order valence-electron chi connectivity index (χ4n) is 6.45. The molecule has 7 N–H and O–H groups in total. The van der Waals surface area contributed by atoms with E-state index in [1.807, 2.05) is 56.7 Å². The van der Waals surface area contributed by atoms with Crippen molar-refractivity contribution < 1.29 is 33.8 Å². The molecule has 4 unspecified atom stereocenters. The summed E-state index contributed by atoms with van der Waals surface area (Å²) in [5, 5.41) is 17.0. The minimum Gasteiger partial charge on any atom is -0.481 e. The molecule has 1 aliphatic heterocycles. The first-order valence-electron chi connectivity index (χ1n) is 19.1. The standard InChI is InChI=1S/C32H49N5O6S.C7H14N2O/c1-7-9-10-28(38)37(15-8-2)26(20(3)4)18-27(43-32(42)34-6)30-36-25(19-44-30)29(39)35-24(16-21(5)31(40)41)17-22-11-13-23(33)14-12-22;1-9-5-3-2-4-6(9)7(8)10/h11-14,19-21,24,26-27H,7-10,15-18,33H2,1-6H3,(H,34,42)(H,35,39)(H,40,41);6H,2-5H2,1H3,(H2,8,10)/t;6-/m.1/s1. The van der Waals surface area contributed by atoms with Crippen LogP contribution in [0.15, 0.2) is 29.6 Å². The SMILES string of the molecule is CCCCC(=O)N(CCC)C(CC(OC(=O)NC)c1nc(C(=O)NC(Cc2ccc(N)cc2)CC(C)C(=O)O)cs1)C(C)C.CN1CCCC[C@@H]1C(N)=O. The van der Waals surface area contributed by atoms with Gasteiger partial charge in [-0.15, -0.1) is 11.3 Å². The normalized spacial score (nSPS) is 16.6. The molecule has 1 fully saturated rings. The predicted molar refractivity (Wildman–Crippen MR) is 212 cm³/mol. The fourth-order valence-corrected chi connectivity index (χ4v) is 7.29. The van der Waals surface area contributed by atoms with Crippen molar-refractivity contribution in [3.8, 4) is 0 Å². The van der Waals surface area contributed by atoms with Crippen molar-refractivity contribution in [2.24, 2.45) is 17.6 Å². The Labute approximate surface area is 324 Å². The van der Waals surface area contributed by atoms with Crippen molar-refractivity contribution >= 4 is 46.8 Å². The van der Waals surface area contributed by atoms with Crippen LogP contribution in [0.2, 0.25) is 0 Å². The number of hydrogen-bond donors (Lipinski definition) is 5. The molecule has 0 spiro atoms. The number of aliphatic carboxylic acids is 1. The van der Waals surface area contributed by atoms with Crippen LogP contribution in [0.5, 0.6) is 0 Å². The number of amides is 4. The highest BCUT2D eigenvalue weighted by molar-refractivity contribution is 7.09. The van der Waals surface area contributed by atoms with Gasteiger partial charge >= 0.3 is 12.1 Å². The van der Waals surface area contributed by atoms with Gasteiger partial charge in [-0.3, -0.25) is 24.1 Å². The highest BCUT2D eigenvalue weighted by Gasteiger charge is 2.33. The number of carboxylic acids is 1. The monoisotopic (exact) mass is 773 g/mol. The van der Waals surface area contributed by atoms with E-state index in [-0.39, 0.29) is 41.9 Å². The Kier molecular flexibility index (Phi) is 20.0. The summed E-state index contributed by atoms with van der Waals surface area (Å²) in [6.45, 7) is 11.4. The molecule has 54 heavy (non-hydrogen) atoms. The van der Waals surface area contributed by atoms with E-state index in [1.165, 1.54) is 24.8 Å². The number of anilines is 1. The number of carbonyl (C=O) groups is 5. The Hall–Kier alpha value is -4.24. The van der Waals surface area contributed by atoms with Gasteiger partial charge in [-0.25, -0.2) is 9.78 Å². The summed E-state index contributed by atoms with van der Waals surface area (Å²) in [7, 11) is 3.42. The fraction of sp³-hybridized carbons (Fsp3) is 0.641. The maximum Gasteiger partial charge on any atom is 0.407 e. The molecule has 302 valence electrons. The van der Waals surface area contributed by atoms with Crippen LogP contribution in [-0.4, -0.2) is 95.0 Å². The summed E-state index contributed by atoms with van der Waals surface area (Å²) in [4.78, 5) is 69.8. The maximum absolute atomic E-state index is 13.4. The van der Waals surface area contributed by atoms with Crippen molar-refractivity contribution in [2.45, 2.75) is 123 Å². The third-order valence-corrected chi connectivity index (χ3v) is 10.5. The average molecular weight is 774 g/mol. The number of ether oxygens (including phenoxy) is 1. The molecule has 4 amide bonds. The Bertz CT molecular complexity index is 1490. The Morgan fingerprint density at radius 3 is 2.30 bits per heavy atom. The number of unbranched alkanes of at least 4 members (excludes halogenated alkanes) is 1. The Morgan fingerprint density at radius 2 is 1.76 bits per heavy atom. The number of nitrogens with zero attached hydrogens (tertiary/aromatic N) is 3. The third-order valence-electron chi connectivity index (χ3n) is 9.59. The number of benzene rings is 1. The van der Waals surface area contributed by atoms with E-state index in [0.29, 0.717) is 36.5 Å². The van der Waals surface area contributed by atoms with Gasteiger partial charge in [-0.2, -0.15) is 0 Å². The number of primary amides is 1. The molecular formula is C39H63N7O7S. The van der Waals surface area contributed by atoms with E-state index in [0.717, 1.165) is 44.2 Å². The number of thiazole rings is 1. The van der Waals surface area contributed by atoms with Crippen molar-refractivity contribution in [3.05, 3.63) is 45.9 Å².